The van der Waals surface area contributed by atoms with Crippen molar-refractivity contribution in [1.29, 1.82) is 0 Å². The second-order valence-corrected chi connectivity index (χ2v) is 20.4. The molecule has 0 amide bonds. The highest BCUT2D eigenvalue weighted by molar-refractivity contribution is 6.13. The highest BCUT2D eigenvalue weighted by Crippen LogP contribution is 2.57. The lowest BCUT2D eigenvalue weighted by Crippen LogP contribution is -2.33. The molecule has 6 aromatic rings. The number of rotatable bonds is 8. The summed E-state index contributed by atoms with van der Waals surface area (Å²) in [5.41, 5.74) is 9.17. The molecule has 7 nitrogen and oxygen atoms in total. The molecule has 2 aliphatic heterocycles. The van der Waals surface area contributed by atoms with Crippen molar-refractivity contribution in [3.8, 4) is 22.3 Å². The molecule has 12 rings (SSSR count). The monoisotopic (exact) mass is 854 g/mol. The molecule has 6 aliphatic rings. The van der Waals surface area contributed by atoms with Crippen molar-refractivity contribution in [3.05, 3.63) is 166 Å². The molecule has 64 heavy (non-hydrogen) atoms. The van der Waals surface area contributed by atoms with Crippen LogP contribution in [0.2, 0.25) is 0 Å². The zero-order chi connectivity index (χ0) is 43.8. The molecule has 2 spiro atoms. The molecule has 4 heterocycles. The number of halogens is 2. The third kappa shape index (κ3) is 6.36. The Labute approximate surface area is 372 Å². The lowest BCUT2D eigenvalue weighted by atomic mass is 9.80. The number of aliphatic hydroxyl groups is 2. The number of hydrogen-bond acceptors (Lipinski definition) is 7. The van der Waals surface area contributed by atoms with Gasteiger partial charge in [0.15, 0.2) is 0 Å². The first-order chi connectivity index (χ1) is 30.8. The molecule has 324 valence electrons. The van der Waals surface area contributed by atoms with Crippen molar-refractivity contribution < 1.29 is 23.8 Å². The van der Waals surface area contributed by atoms with Gasteiger partial charge in [-0.1, -0.05) is 72.8 Å². The smallest absolute Gasteiger partial charge is 0.233 e. The predicted molar refractivity (Wildman–Crippen MR) is 245 cm³/mol. The van der Waals surface area contributed by atoms with Gasteiger partial charge in [0.25, 0.3) is 0 Å². The van der Waals surface area contributed by atoms with Crippen molar-refractivity contribution in [2.24, 2.45) is 0 Å². The Balaban J connectivity index is 0.844. The highest BCUT2D eigenvalue weighted by atomic mass is 19.1. The number of aromatic nitrogens is 2. The van der Waals surface area contributed by atoms with E-state index in [2.05, 4.69) is 94.9 Å². The maximum absolute atomic E-state index is 15.3. The van der Waals surface area contributed by atoms with Crippen LogP contribution in [0.25, 0.3) is 22.3 Å². The Morgan fingerprint density at radius 1 is 0.594 bits per heavy atom. The van der Waals surface area contributed by atoms with E-state index in [1.165, 1.54) is 60.1 Å². The number of ketones is 1. The van der Waals surface area contributed by atoms with E-state index in [0.717, 1.165) is 45.8 Å². The van der Waals surface area contributed by atoms with E-state index in [1.54, 1.807) is 0 Å². The summed E-state index contributed by atoms with van der Waals surface area (Å²) in [5.74, 6) is -0.472. The van der Waals surface area contributed by atoms with Crippen LogP contribution in [0.1, 0.15) is 127 Å². The minimum absolute atomic E-state index is 0.0536. The molecular weight excluding hydrogens is 803 g/mol. The van der Waals surface area contributed by atoms with Crippen molar-refractivity contribution in [3.63, 3.8) is 0 Å². The van der Waals surface area contributed by atoms with E-state index in [9.17, 15) is 15.0 Å². The minimum Gasteiger partial charge on any atom is -0.385 e. The molecule has 9 heteroatoms. The van der Waals surface area contributed by atoms with Crippen LogP contribution in [0, 0.1) is 11.6 Å². The van der Waals surface area contributed by atoms with Gasteiger partial charge in [-0.25, -0.2) is 18.7 Å². The second-order valence-electron chi connectivity index (χ2n) is 20.4. The Morgan fingerprint density at radius 2 is 1.02 bits per heavy atom. The van der Waals surface area contributed by atoms with E-state index in [1.807, 2.05) is 23.6 Å². The lowest BCUT2D eigenvalue weighted by Gasteiger charge is -2.29. The fourth-order valence-electron chi connectivity index (χ4n) is 12.6. The van der Waals surface area contributed by atoms with Gasteiger partial charge in [-0.15, -0.1) is 0 Å². The van der Waals surface area contributed by atoms with Gasteiger partial charge in [0, 0.05) is 49.1 Å². The van der Waals surface area contributed by atoms with E-state index in [-0.39, 0.29) is 11.4 Å². The van der Waals surface area contributed by atoms with Gasteiger partial charge in [0.1, 0.15) is 23.0 Å². The number of fused-ring (bicyclic) bond motifs is 4. The summed E-state index contributed by atoms with van der Waals surface area (Å²) >= 11 is 0. The number of carbonyl (C=O) groups excluding carboxylic acids is 1. The van der Waals surface area contributed by atoms with Crippen LogP contribution < -0.4 is 9.80 Å². The Bertz CT molecular complexity index is 2730. The SMILES string of the molecule is CC1(O)CC2(CCN(c3cc(F)cnc3C(=O)c3ncc(F)cc3N3CCC4(C3)CC(C)(O)c3cc(-c5ccccc5C5CC5)ccc34)C2)c2ccc(-c3ccccc3C3CC3)cc21. The van der Waals surface area contributed by atoms with Crippen LogP contribution in [0.15, 0.2) is 109 Å². The van der Waals surface area contributed by atoms with Crippen LogP contribution in [0.3, 0.4) is 0 Å². The summed E-state index contributed by atoms with van der Waals surface area (Å²) in [5, 5.41) is 24.1. The molecule has 4 atom stereocenters. The maximum atomic E-state index is 15.3. The third-order valence-corrected chi connectivity index (χ3v) is 15.8. The minimum atomic E-state index is -1.08. The number of anilines is 2. The molecule has 0 radical (unpaired) electrons. The van der Waals surface area contributed by atoms with Gasteiger partial charge >= 0.3 is 0 Å². The van der Waals surface area contributed by atoms with Crippen LogP contribution in [0.4, 0.5) is 20.2 Å². The largest absolute Gasteiger partial charge is 0.385 e. The lowest BCUT2D eigenvalue weighted by molar-refractivity contribution is 0.0431. The summed E-state index contributed by atoms with van der Waals surface area (Å²) in [6.45, 7) is 5.76. The Morgan fingerprint density at radius 3 is 1.44 bits per heavy atom. The van der Waals surface area contributed by atoms with Gasteiger partial charge in [0.05, 0.1) is 35.0 Å². The van der Waals surface area contributed by atoms with Gasteiger partial charge in [0.2, 0.25) is 5.78 Å². The van der Waals surface area contributed by atoms with Crippen LogP contribution in [-0.4, -0.2) is 52.1 Å². The van der Waals surface area contributed by atoms with E-state index < -0.39 is 39.4 Å². The molecule has 4 unspecified atom stereocenters. The van der Waals surface area contributed by atoms with Crippen LogP contribution in [-0.2, 0) is 22.0 Å². The molecule has 4 aliphatic carbocycles. The zero-order valence-corrected chi connectivity index (χ0v) is 36.4. The van der Waals surface area contributed by atoms with Crippen molar-refractivity contribution in [1.82, 2.24) is 9.97 Å². The van der Waals surface area contributed by atoms with Crippen molar-refractivity contribution in [2.45, 2.75) is 99.1 Å². The maximum Gasteiger partial charge on any atom is 0.233 e. The number of nitrogens with zero attached hydrogens (tertiary/aromatic N) is 4. The standard InChI is InChI=1S/C55H52F2N4O3/c1-52(63)29-54(43-17-15-35(23-45(43)52)41-9-5-3-7-39(41)33-11-12-33)19-21-60(31-54)47-25-37(56)27-58-49(47)51(62)50-48(26-38(57)28-59-50)61-22-20-55(32-61)30-53(2,64)46-24-36(16-18-44(46)55)42-10-6-4-8-40(42)34-13-14-34/h3-10,15-18,23-28,33-34,63-64H,11-14,19-22,29-32H2,1-2H3. The first kappa shape index (κ1) is 39.8. The number of hydrogen-bond donors (Lipinski definition) is 2. The van der Waals surface area contributed by atoms with Gasteiger partial charge in [-0.3, -0.25) is 4.79 Å². The summed E-state index contributed by atoms with van der Waals surface area (Å²) in [6.07, 6.45) is 9.32. The normalized spacial score (nSPS) is 26.9. The molecule has 4 aromatic carbocycles. The highest BCUT2D eigenvalue weighted by Gasteiger charge is 2.54. The molecular formula is C55H52F2N4O3. The fraction of sp³-hybridized carbons (Fsp3) is 0.364. The topological polar surface area (TPSA) is 89.8 Å². The summed E-state index contributed by atoms with van der Waals surface area (Å²) in [7, 11) is 0. The number of pyridine rings is 2. The van der Waals surface area contributed by atoms with Crippen molar-refractivity contribution in [2.75, 3.05) is 36.0 Å². The molecule has 4 fully saturated rings. The van der Waals surface area contributed by atoms with E-state index >= 15 is 8.78 Å². The first-order valence-corrected chi connectivity index (χ1v) is 23.1. The van der Waals surface area contributed by atoms with E-state index in [0.29, 0.717) is 75.1 Å². The van der Waals surface area contributed by atoms with Gasteiger partial charge < -0.3 is 20.0 Å². The third-order valence-electron chi connectivity index (χ3n) is 15.8. The van der Waals surface area contributed by atoms with Gasteiger partial charge in [-0.2, -0.15) is 0 Å². The first-order valence-electron chi connectivity index (χ1n) is 23.1. The quantitative estimate of drug-likeness (QED) is 0.147. The summed E-state index contributed by atoms with van der Waals surface area (Å²) in [4.78, 5) is 27.7. The predicted octanol–water partition coefficient (Wildman–Crippen LogP) is 10.6. The Hall–Kier alpha value is -5.77. The molecule has 2 saturated heterocycles. The number of carbonyl (C=O) groups is 1. The average Bonchev–Trinajstić information content (AvgIpc) is 4.22. The second kappa shape index (κ2) is 14.1. The molecule has 2 N–H and O–H groups in total. The van der Waals surface area contributed by atoms with Crippen LogP contribution in [0.5, 0.6) is 0 Å². The molecule has 2 aromatic heterocycles. The fourth-order valence-corrected chi connectivity index (χ4v) is 12.6. The molecule has 0 bridgehead atoms. The average molecular weight is 855 g/mol. The summed E-state index contributed by atoms with van der Waals surface area (Å²) in [6, 6.07) is 32.9. The van der Waals surface area contributed by atoms with Crippen molar-refractivity contribution >= 4 is 17.2 Å². The zero-order valence-electron chi connectivity index (χ0n) is 36.4. The number of benzene rings is 4. The summed E-state index contributed by atoms with van der Waals surface area (Å²) < 4.78 is 30.5. The molecule has 2 saturated carbocycles. The van der Waals surface area contributed by atoms with E-state index in [4.69, 9.17) is 0 Å². The van der Waals surface area contributed by atoms with Crippen LogP contribution >= 0.6 is 0 Å². The Kier molecular flexibility index (Phi) is 8.78. The van der Waals surface area contributed by atoms with Gasteiger partial charge in [-0.05, 0) is 145 Å².